The van der Waals surface area contributed by atoms with Crippen LogP contribution in [0, 0.1) is 13.8 Å². The van der Waals surface area contributed by atoms with E-state index in [4.69, 9.17) is 4.98 Å². The van der Waals surface area contributed by atoms with Gasteiger partial charge >= 0.3 is 0 Å². The zero-order chi connectivity index (χ0) is 27.4. The topological polar surface area (TPSA) is 73.8 Å². The van der Waals surface area contributed by atoms with Crippen molar-refractivity contribution in [2.75, 3.05) is 39.1 Å². The van der Waals surface area contributed by atoms with E-state index in [1.807, 2.05) is 57.4 Å². The first-order valence-electron chi connectivity index (χ1n) is 12.5. The lowest BCUT2D eigenvalue weighted by molar-refractivity contribution is -0.0000178. The highest BCUT2D eigenvalue weighted by atomic mass is 35.5. The van der Waals surface area contributed by atoms with Crippen LogP contribution in [-0.4, -0.2) is 62.7 Å². The van der Waals surface area contributed by atoms with Gasteiger partial charge in [-0.05, 0) is 87.9 Å². The quantitative estimate of drug-likeness (QED) is 0.286. The molecule has 3 aromatic carbocycles. The molecule has 0 N–H and O–H groups in total. The molecular formula is C29H34ClN4O3S2-. The van der Waals surface area contributed by atoms with E-state index in [1.54, 1.807) is 24.1 Å². The molecular weight excluding hydrogens is 552 g/mol. The van der Waals surface area contributed by atoms with Gasteiger partial charge in [-0.2, -0.15) is 4.31 Å². The van der Waals surface area contributed by atoms with Gasteiger partial charge in [-0.15, -0.1) is 0 Å². The van der Waals surface area contributed by atoms with Gasteiger partial charge in [0.05, 0.1) is 15.1 Å². The average molecular weight is 586 g/mol. The third-order valence-corrected chi connectivity index (χ3v) is 9.46. The van der Waals surface area contributed by atoms with Crippen LogP contribution in [0.25, 0.3) is 10.2 Å². The first-order chi connectivity index (χ1) is 18.1. The molecule has 4 rings (SSSR count). The van der Waals surface area contributed by atoms with Gasteiger partial charge in [0.15, 0.2) is 5.13 Å². The molecule has 1 amide bonds. The summed E-state index contributed by atoms with van der Waals surface area (Å²) in [6.07, 6.45) is 0.781. The average Bonchev–Trinajstić information content (AvgIpc) is 3.33. The van der Waals surface area contributed by atoms with Crippen molar-refractivity contribution in [3.05, 3.63) is 89.0 Å². The molecule has 0 spiro atoms. The highest BCUT2D eigenvalue weighted by Crippen LogP contribution is 2.33. The van der Waals surface area contributed by atoms with Gasteiger partial charge in [0.25, 0.3) is 5.91 Å². The van der Waals surface area contributed by atoms with Crippen LogP contribution in [0.3, 0.4) is 0 Å². The van der Waals surface area contributed by atoms with Gasteiger partial charge < -0.3 is 17.3 Å². The number of nitrogens with zero attached hydrogens (tertiary/aromatic N) is 4. The Kier molecular flexibility index (Phi) is 10.3. The second kappa shape index (κ2) is 13.0. The molecule has 1 heterocycles. The van der Waals surface area contributed by atoms with Crippen molar-refractivity contribution in [2.24, 2.45) is 0 Å². The molecule has 10 heteroatoms. The number of amides is 1. The van der Waals surface area contributed by atoms with Crippen LogP contribution in [-0.2, 0) is 16.6 Å². The summed E-state index contributed by atoms with van der Waals surface area (Å²) in [6, 6.07) is 19.8. The fourth-order valence-corrected chi connectivity index (χ4v) is 6.40. The van der Waals surface area contributed by atoms with Crippen LogP contribution >= 0.6 is 11.3 Å². The smallest absolute Gasteiger partial charge is 0.260 e. The number of halogens is 1. The summed E-state index contributed by atoms with van der Waals surface area (Å²) in [7, 11) is 1.86. The number of hydrogen-bond donors (Lipinski definition) is 0. The normalized spacial score (nSPS) is 11.7. The van der Waals surface area contributed by atoms with E-state index in [0.717, 1.165) is 39.9 Å². The minimum Gasteiger partial charge on any atom is -1.00 e. The maximum Gasteiger partial charge on any atom is 0.260 e. The van der Waals surface area contributed by atoms with Crippen molar-refractivity contribution in [1.82, 2.24) is 14.2 Å². The van der Waals surface area contributed by atoms with Crippen molar-refractivity contribution in [3.63, 3.8) is 0 Å². The number of rotatable bonds is 10. The number of anilines is 1. The highest BCUT2D eigenvalue weighted by Gasteiger charge is 2.24. The van der Waals surface area contributed by atoms with E-state index < -0.39 is 10.0 Å². The lowest BCUT2D eigenvalue weighted by Crippen LogP contribution is -3.00. The SMILES string of the molecule is Cc1ccc2sc(N(CCCN(C)C)C(=O)c3ccc(S(=O)(=O)N(C)Cc4ccccc4)cc3)nc2c1C.[Cl-]. The number of thiazole rings is 1. The Labute approximate surface area is 241 Å². The molecule has 4 aromatic rings. The van der Waals surface area contributed by atoms with Crippen molar-refractivity contribution in [3.8, 4) is 0 Å². The summed E-state index contributed by atoms with van der Waals surface area (Å²) in [5.41, 5.74) is 4.51. The van der Waals surface area contributed by atoms with Gasteiger partial charge in [-0.25, -0.2) is 13.4 Å². The summed E-state index contributed by atoms with van der Waals surface area (Å²) in [6.45, 7) is 5.71. The van der Waals surface area contributed by atoms with Gasteiger partial charge in [0, 0.05) is 25.7 Å². The maximum atomic E-state index is 13.7. The predicted molar refractivity (Wildman–Crippen MR) is 155 cm³/mol. The molecule has 0 aliphatic rings. The Hall–Kier alpha value is -2.82. The Bertz CT molecular complexity index is 1520. The fourth-order valence-electron chi connectivity index (χ4n) is 4.19. The number of fused-ring (bicyclic) bond motifs is 1. The summed E-state index contributed by atoms with van der Waals surface area (Å²) in [4.78, 5) is 22.5. The second-order valence-corrected chi connectivity index (χ2v) is 12.8. The minimum absolute atomic E-state index is 0. The zero-order valence-electron chi connectivity index (χ0n) is 22.9. The van der Waals surface area contributed by atoms with Crippen molar-refractivity contribution >= 4 is 42.6 Å². The second-order valence-electron chi connectivity index (χ2n) is 9.74. The van der Waals surface area contributed by atoms with Gasteiger partial charge in [0.2, 0.25) is 10.0 Å². The summed E-state index contributed by atoms with van der Waals surface area (Å²) in [5.74, 6) is -0.196. The van der Waals surface area contributed by atoms with Crippen LogP contribution in [0.5, 0.6) is 0 Å². The van der Waals surface area contributed by atoms with E-state index >= 15 is 0 Å². The molecule has 0 radical (unpaired) electrons. The predicted octanol–water partition coefficient (Wildman–Crippen LogP) is 2.34. The van der Waals surface area contributed by atoms with E-state index in [9.17, 15) is 13.2 Å². The van der Waals surface area contributed by atoms with Crippen LogP contribution in [0.1, 0.15) is 33.5 Å². The largest absolute Gasteiger partial charge is 1.00 e. The minimum atomic E-state index is -3.71. The Balaban J connectivity index is 0.00000420. The molecule has 39 heavy (non-hydrogen) atoms. The Morgan fingerprint density at radius 1 is 0.897 bits per heavy atom. The number of aryl methyl sites for hydroxylation is 2. The molecule has 0 aliphatic heterocycles. The fraction of sp³-hybridized carbons (Fsp3) is 0.310. The molecule has 7 nitrogen and oxygen atoms in total. The zero-order valence-corrected chi connectivity index (χ0v) is 25.3. The third-order valence-electron chi connectivity index (χ3n) is 6.59. The highest BCUT2D eigenvalue weighted by molar-refractivity contribution is 7.89. The monoisotopic (exact) mass is 585 g/mol. The molecule has 0 saturated heterocycles. The first kappa shape index (κ1) is 30.7. The molecule has 0 aliphatic carbocycles. The molecule has 208 valence electrons. The molecule has 0 saturated carbocycles. The Morgan fingerprint density at radius 2 is 1.56 bits per heavy atom. The van der Waals surface area contributed by atoms with E-state index in [-0.39, 0.29) is 29.8 Å². The summed E-state index contributed by atoms with van der Waals surface area (Å²) < 4.78 is 28.7. The van der Waals surface area contributed by atoms with Crippen LogP contribution < -0.4 is 17.3 Å². The van der Waals surface area contributed by atoms with Crippen molar-refractivity contribution in [2.45, 2.75) is 31.7 Å². The van der Waals surface area contributed by atoms with Gasteiger partial charge in [-0.1, -0.05) is 47.7 Å². The summed E-state index contributed by atoms with van der Waals surface area (Å²) >= 11 is 1.50. The van der Waals surface area contributed by atoms with Gasteiger partial charge in [0.1, 0.15) is 0 Å². The lowest BCUT2D eigenvalue weighted by atomic mass is 10.1. The lowest BCUT2D eigenvalue weighted by Gasteiger charge is -2.21. The van der Waals surface area contributed by atoms with Crippen LogP contribution in [0.4, 0.5) is 5.13 Å². The number of sulfonamides is 1. The van der Waals surface area contributed by atoms with E-state index in [2.05, 4.69) is 17.9 Å². The standard InChI is InChI=1S/C29H34N4O3S2.ClH/c1-21-12-17-26-27(22(21)2)30-29(37-26)33(19-9-18-31(3)4)28(34)24-13-15-25(16-14-24)38(35,36)32(5)20-23-10-7-6-8-11-23;/h6-8,10-17H,9,18-20H2,1-5H3;1H/p-1. The molecule has 0 bridgehead atoms. The Morgan fingerprint density at radius 3 is 2.21 bits per heavy atom. The molecule has 0 fully saturated rings. The first-order valence-corrected chi connectivity index (χ1v) is 14.8. The molecule has 1 aromatic heterocycles. The molecule has 0 atom stereocenters. The number of carbonyl (C=O) groups excluding carboxylic acids is 1. The molecule has 0 unspecified atom stereocenters. The third kappa shape index (κ3) is 7.04. The summed E-state index contributed by atoms with van der Waals surface area (Å²) in [5, 5.41) is 0.650. The number of benzene rings is 3. The van der Waals surface area contributed by atoms with E-state index in [1.165, 1.54) is 27.8 Å². The number of hydrogen-bond acceptors (Lipinski definition) is 6. The number of aromatic nitrogens is 1. The van der Waals surface area contributed by atoms with Crippen LogP contribution in [0.2, 0.25) is 0 Å². The maximum absolute atomic E-state index is 13.7. The van der Waals surface area contributed by atoms with Crippen LogP contribution in [0.15, 0.2) is 71.6 Å². The van der Waals surface area contributed by atoms with Crippen molar-refractivity contribution in [1.29, 1.82) is 0 Å². The van der Waals surface area contributed by atoms with E-state index in [0.29, 0.717) is 17.2 Å². The van der Waals surface area contributed by atoms with Crippen molar-refractivity contribution < 1.29 is 25.6 Å². The number of carbonyl (C=O) groups is 1. The van der Waals surface area contributed by atoms with Gasteiger partial charge in [-0.3, -0.25) is 9.69 Å².